The first-order chi connectivity index (χ1) is 9.29. The molecule has 20 heavy (non-hydrogen) atoms. The molecule has 0 atom stereocenters. The molecule has 0 radical (unpaired) electrons. The Morgan fingerprint density at radius 1 is 1.35 bits per heavy atom. The van der Waals surface area contributed by atoms with Crippen LogP contribution in [0, 0.1) is 5.82 Å². The van der Waals surface area contributed by atoms with Crippen LogP contribution in [0.15, 0.2) is 39.8 Å². The smallest absolute Gasteiger partial charge is 0.265 e. The van der Waals surface area contributed by atoms with E-state index in [1.807, 2.05) is 0 Å². The van der Waals surface area contributed by atoms with Gasteiger partial charge in [0, 0.05) is 10.7 Å². The van der Waals surface area contributed by atoms with E-state index in [0.717, 1.165) is 12.1 Å². The molecule has 1 aromatic carbocycles. The molecule has 0 aliphatic carbocycles. The second kappa shape index (κ2) is 5.55. The van der Waals surface area contributed by atoms with Crippen molar-refractivity contribution in [1.82, 2.24) is 4.98 Å². The van der Waals surface area contributed by atoms with Crippen molar-refractivity contribution in [1.29, 1.82) is 0 Å². The van der Waals surface area contributed by atoms with Crippen molar-refractivity contribution in [3.8, 4) is 0 Å². The Hall–Kier alpha value is -1.38. The van der Waals surface area contributed by atoms with E-state index in [0.29, 0.717) is 4.47 Å². The molecule has 2 aromatic rings. The first-order valence-electron chi connectivity index (χ1n) is 5.18. The van der Waals surface area contributed by atoms with E-state index in [2.05, 4.69) is 25.6 Å². The van der Waals surface area contributed by atoms with Crippen LogP contribution >= 0.6 is 27.5 Å². The number of nitrogen functional groups attached to an aromatic ring is 1. The Morgan fingerprint density at radius 3 is 2.75 bits per heavy atom. The molecule has 0 fully saturated rings. The summed E-state index contributed by atoms with van der Waals surface area (Å²) in [6, 6.07) is 4.63. The fraction of sp³-hybridized carbons (Fsp3) is 0. The average Bonchev–Trinajstić information content (AvgIpc) is 2.36. The van der Waals surface area contributed by atoms with Crippen LogP contribution in [-0.4, -0.2) is 13.4 Å². The summed E-state index contributed by atoms with van der Waals surface area (Å²) in [5, 5.41) is 0.0662. The summed E-state index contributed by atoms with van der Waals surface area (Å²) in [4.78, 5) is 3.50. The topological polar surface area (TPSA) is 85.1 Å². The Kier molecular flexibility index (Phi) is 4.17. The Morgan fingerprint density at radius 2 is 2.05 bits per heavy atom. The van der Waals surface area contributed by atoms with E-state index < -0.39 is 15.8 Å². The zero-order chi connectivity index (χ0) is 14.9. The van der Waals surface area contributed by atoms with Gasteiger partial charge in [-0.3, -0.25) is 4.72 Å². The van der Waals surface area contributed by atoms with Crippen molar-refractivity contribution in [3.05, 3.63) is 45.8 Å². The number of nitrogens with two attached hydrogens (primary N) is 1. The molecule has 0 amide bonds. The summed E-state index contributed by atoms with van der Waals surface area (Å²) in [5.74, 6) is -0.791. The van der Waals surface area contributed by atoms with Gasteiger partial charge in [0.2, 0.25) is 0 Å². The van der Waals surface area contributed by atoms with E-state index >= 15 is 0 Å². The van der Waals surface area contributed by atoms with Gasteiger partial charge in [0.15, 0.2) is 0 Å². The normalized spacial score (nSPS) is 11.3. The maximum Gasteiger partial charge on any atom is 0.265 e. The van der Waals surface area contributed by atoms with Crippen LogP contribution in [-0.2, 0) is 10.0 Å². The third-order valence-corrected chi connectivity index (χ3v) is 4.47. The number of hydrogen-bond donors (Lipinski definition) is 2. The number of anilines is 2. The number of hydrogen-bond acceptors (Lipinski definition) is 4. The van der Waals surface area contributed by atoms with E-state index in [9.17, 15) is 12.8 Å². The summed E-state index contributed by atoms with van der Waals surface area (Å²) in [6.45, 7) is 0. The summed E-state index contributed by atoms with van der Waals surface area (Å²) in [5.41, 5.74) is 5.46. The molecule has 9 heteroatoms. The van der Waals surface area contributed by atoms with Gasteiger partial charge in [-0.05, 0) is 40.2 Å². The first kappa shape index (κ1) is 15.0. The molecule has 0 saturated carbocycles. The van der Waals surface area contributed by atoms with Crippen molar-refractivity contribution in [2.24, 2.45) is 0 Å². The summed E-state index contributed by atoms with van der Waals surface area (Å²) >= 11 is 8.91. The predicted molar refractivity (Wildman–Crippen MR) is 78.6 cm³/mol. The molecular formula is C11H8BrClFN3O2S. The zero-order valence-electron chi connectivity index (χ0n) is 9.77. The highest BCUT2D eigenvalue weighted by Crippen LogP contribution is 2.27. The minimum atomic E-state index is -4.02. The van der Waals surface area contributed by atoms with Crippen molar-refractivity contribution < 1.29 is 12.8 Å². The molecule has 0 aliphatic rings. The van der Waals surface area contributed by atoms with Crippen molar-refractivity contribution in [2.75, 3.05) is 10.5 Å². The third-order valence-electron chi connectivity index (χ3n) is 2.31. The van der Waals surface area contributed by atoms with Gasteiger partial charge in [0.1, 0.15) is 16.5 Å². The molecule has 5 nitrogen and oxygen atoms in total. The molecule has 1 aromatic heterocycles. The second-order valence-corrected chi connectivity index (χ2v) is 6.74. The van der Waals surface area contributed by atoms with Crippen molar-refractivity contribution >= 4 is 49.1 Å². The number of pyridine rings is 1. The van der Waals surface area contributed by atoms with Crippen LogP contribution in [0.3, 0.4) is 0 Å². The lowest BCUT2D eigenvalue weighted by Crippen LogP contribution is -2.16. The lowest BCUT2D eigenvalue weighted by Gasteiger charge is -2.11. The number of nitrogens with zero attached hydrogens (tertiary/aromatic N) is 1. The largest absolute Gasteiger partial charge is 0.383 e. The molecule has 0 spiro atoms. The fourth-order valence-corrected chi connectivity index (χ4v) is 3.30. The second-order valence-electron chi connectivity index (χ2n) is 3.77. The van der Waals surface area contributed by atoms with Gasteiger partial charge in [-0.15, -0.1) is 0 Å². The van der Waals surface area contributed by atoms with Crippen LogP contribution < -0.4 is 10.5 Å². The summed E-state index contributed by atoms with van der Waals surface area (Å²) in [6.07, 6.45) is 1.36. The number of benzene rings is 1. The van der Waals surface area contributed by atoms with Crippen LogP contribution in [0.25, 0.3) is 0 Å². The van der Waals surface area contributed by atoms with Gasteiger partial charge in [-0.1, -0.05) is 11.6 Å². The molecular weight excluding hydrogens is 373 g/mol. The Labute approximate surface area is 128 Å². The van der Waals surface area contributed by atoms with Gasteiger partial charge < -0.3 is 5.73 Å². The van der Waals surface area contributed by atoms with Gasteiger partial charge in [-0.25, -0.2) is 17.8 Å². The molecule has 3 N–H and O–H groups in total. The number of sulfonamides is 1. The standard InChI is InChI=1S/C11H8BrClFN3O2S/c12-6-3-10(11(15)16-5-6)20(18,19)17-9-4-7(14)1-2-8(9)13/h1-5,17H,(H2,15,16). The minimum Gasteiger partial charge on any atom is -0.383 e. The number of rotatable bonds is 3. The van der Waals surface area contributed by atoms with Crippen LogP contribution in [0.1, 0.15) is 0 Å². The van der Waals surface area contributed by atoms with Crippen LogP contribution in [0.2, 0.25) is 5.02 Å². The SMILES string of the molecule is Nc1ncc(Br)cc1S(=O)(=O)Nc1cc(F)ccc1Cl. The number of aromatic nitrogens is 1. The van der Waals surface area contributed by atoms with E-state index in [-0.39, 0.29) is 21.4 Å². The zero-order valence-corrected chi connectivity index (χ0v) is 12.9. The molecule has 0 saturated heterocycles. The summed E-state index contributed by atoms with van der Waals surface area (Å²) in [7, 11) is -4.02. The van der Waals surface area contributed by atoms with E-state index in [4.69, 9.17) is 17.3 Å². The monoisotopic (exact) mass is 379 g/mol. The minimum absolute atomic E-state index is 0.0662. The highest BCUT2D eigenvalue weighted by atomic mass is 79.9. The molecule has 2 rings (SSSR count). The van der Waals surface area contributed by atoms with Gasteiger partial charge in [0.25, 0.3) is 10.0 Å². The average molecular weight is 381 g/mol. The molecule has 0 unspecified atom stereocenters. The maximum atomic E-state index is 13.1. The quantitative estimate of drug-likeness (QED) is 0.857. The molecule has 0 aliphatic heterocycles. The van der Waals surface area contributed by atoms with Crippen LogP contribution in [0.4, 0.5) is 15.9 Å². The maximum absolute atomic E-state index is 13.1. The molecule has 1 heterocycles. The molecule has 106 valence electrons. The summed E-state index contributed by atoms with van der Waals surface area (Å²) < 4.78 is 40.2. The molecule has 0 bridgehead atoms. The van der Waals surface area contributed by atoms with Gasteiger partial charge >= 0.3 is 0 Å². The highest BCUT2D eigenvalue weighted by molar-refractivity contribution is 9.10. The van der Waals surface area contributed by atoms with Crippen LogP contribution in [0.5, 0.6) is 0 Å². The lowest BCUT2D eigenvalue weighted by atomic mass is 10.3. The highest BCUT2D eigenvalue weighted by Gasteiger charge is 2.20. The number of nitrogens with one attached hydrogen (secondary N) is 1. The van der Waals surface area contributed by atoms with Gasteiger partial charge in [-0.2, -0.15) is 0 Å². The van der Waals surface area contributed by atoms with Gasteiger partial charge in [0.05, 0.1) is 10.7 Å². The first-order valence-corrected chi connectivity index (χ1v) is 7.84. The van der Waals surface area contributed by atoms with Crippen molar-refractivity contribution in [3.63, 3.8) is 0 Å². The Bertz CT molecular complexity index is 770. The fourth-order valence-electron chi connectivity index (χ4n) is 1.42. The third kappa shape index (κ3) is 3.20. The number of halogens is 3. The Balaban J connectivity index is 2.46. The van der Waals surface area contributed by atoms with Crippen molar-refractivity contribution in [2.45, 2.75) is 4.90 Å². The lowest BCUT2D eigenvalue weighted by molar-refractivity contribution is 0.601. The van der Waals surface area contributed by atoms with E-state index in [1.165, 1.54) is 18.3 Å². The predicted octanol–water partition coefficient (Wildman–Crippen LogP) is 3.02. The van der Waals surface area contributed by atoms with E-state index in [1.54, 1.807) is 0 Å².